The first-order chi connectivity index (χ1) is 15.5. The minimum atomic E-state index is -2.53. The van der Waals surface area contributed by atoms with E-state index in [-0.39, 0.29) is 37.2 Å². The smallest absolute Gasteiger partial charge is 1.00 e. The molecule has 36 heavy (non-hydrogen) atoms. The second-order valence-corrected chi connectivity index (χ2v) is 15.0. The molecule has 0 bridgehead atoms. The van der Waals surface area contributed by atoms with E-state index < -0.39 is 8.07 Å². The van der Waals surface area contributed by atoms with E-state index in [1.807, 2.05) is 0 Å². The normalized spacial score (nSPS) is 13.3. The van der Waals surface area contributed by atoms with Crippen molar-refractivity contribution < 1.29 is 57.7 Å². The maximum atomic E-state index is 2.48. The maximum Gasteiger partial charge on any atom is -1.00 e. The van der Waals surface area contributed by atoms with Crippen LogP contribution >= 0.6 is 0 Å². The second-order valence-electron chi connectivity index (χ2n) is 10.3. The van der Waals surface area contributed by atoms with Crippen LogP contribution in [0.4, 0.5) is 0 Å². The van der Waals surface area contributed by atoms with Crippen LogP contribution in [-0.2, 0) is 20.4 Å². The Morgan fingerprint density at radius 2 is 0.778 bits per heavy atom. The maximum absolute atomic E-state index is 2.53. The van der Waals surface area contributed by atoms with Crippen molar-refractivity contribution in [2.45, 2.75) is 61.8 Å². The first kappa shape index (κ1) is 33.0. The minimum Gasteiger partial charge on any atom is -1.00 e. The zero-order chi connectivity index (χ0) is 24.1. The van der Waals surface area contributed by atoms with Crippen molar-refractivity contribution in [3.63, 3.8) is 0 Å². The third kappa shape index (κ3) is 5.98. The van der Waals surface area contributed by atoms with E-state index in [4.69, 9.17) is 0 Å². The summed E-state index contributed by atoms with van der Waals surface area (Å²) in [6, 6.07) is 21.8. The molecule has 3 aromatic carbocycles. The molecule has 188 valence electrons. The molecular formula is C31H35Cl3SiTi. The van der Waals surface area contributed by atoms with Gasteiger partial charge in [-0.05, 0) is 0 Å². The van der Waals surface area contributed by atoms with Gasteiger partial charge in [-0.15, -0.1) is 0 Å². The van der Waals surface area contributed by atoms with Crippen LogP contribution in [0.25, 0.3) is 0 Å². The summed E-state index contributed by atoms with van der Waals surface area (Å²) in [7, 11) is -2.53. The number of allylic oxidation sites excluding steroid dienone is 4. The van der Waals surface area contributed by atoms with E-state index in [0.717, 1.165) is 6.42 Å². The van der Waals surface area contributed by atoms with Crippen LogP contribution in [0.5, 0.6) is 0 Å². The van der Waals surface area contributed by atoms with Crippen molar-refractivity contribution in [1.29, 1.82) is 0 Å². The molecule has 0 N–H and O–H groups in total. The molecule has 0 nitrogen and oxygen atoms in total. The molecule has 0 radical (unpaired) electrons. The van der Waals surface area contributed by atoms with Crippen molar-refractivity contribution in [3.8, 4) is 0 Å². The zero-order valence-electron chi connectivity index (χ0n) is 22.5. The SMILES string of the molecule is CC1=C([Si](c2cc(C)cc(C)c2)(c2cc(C)cc(C)c2)c2cc(C)cc(C)c2)C(C)=[C]([Ti+3])C1.[Cl-].[Cl-].[Cl-]. The van der Waals surface area contributed by atoms with Gasteiger partial charge in [0.05, 0.1) is 0 Å². The molecule has 5 heteroatoms. The average Bonchev–Trinajstić information content (AvgIpc) is 2.93. The Labute approximate surface area is 249 Å². The van der Waals surface area contributed by atoms with E-state index in [1.54, 1.807) is 10.8 Å². The molecule has 0 unspecified atom stereocenters. The number of benzene rings is 3. The Kier molecular flexibility index (Phi) is 11.6. The Balaban J connectivity index is 0.00000216. The fraction of sp³-hybridized carbons (Fsp3) is 0.290. The molecule has 0 spiro atoms. The predicted molar refractivity (Wildman–Crippen MR) is 142 cm³/mol. The number of hydrogen-bond acceptors (Lipinski definition) is 0. The van der Waals surface area contributed by atoms with E-state index in [2.05, 4.69) is 130 Å². The van der Waals surface area contributed by atoms with Crippen molar-refractivity contribution in [1.82, 2.24) is 0 Å². The monoisotopic (exact) mass is 588 g/mol. The van der Waals surface area contributed by atoms with Crippen LogP contribution in [0, 0.1) is 41.5 Å². The van der Waals surface area contributed by atoms with Gasteiger partial charge >= 0.3 is 214 Å². The fourth-order valence-corrected chi connectivity index (χ4v) is 12.8. The van der Waals surface area contributed by atoms with Crippen LogP contribution in [0.3, 0.4) is 0 Å². The summed E-state index contributed by atoms with van der Waals surface area (Å²) >= 11 is 2.33. The standard InChI is InChI=1S/C31H35Si.3ClH.Ti/c1-20-11-21(2)15-28(14-20)32(31-26(7)9-10-27(31)8,29-16-22(3)12-23(4)17-29)30-18-24(5)13-25(6)19-30;;;;/h11-19H,9H2,1-8H3;3*1H;/q;;;;+3/p-3. The molecule has 1 aliphatic rings. The van der Waals surface area contributed by atoms with Crippen molar-refractivity contribution in [2.24, 2.45) is 0 Å². The van der Waals surface area contributed by atoms with Crippen LogP contribution < -0.4 is 52.8 Å². The molecule has 4 rings (SSSR count). The fourth-order valence-electron chi connectivity index (χ4n) is 6.07. The van der Waals surface area contributed by atoms with E-state index in [1.165, 1.54) is 58.4 Å². The van der Waals surface area contributed by atoms with Gasteiger partial charge in [0, 0.05) is 0 Å². The molecule has 0 aliphatic heterocycles. The van der Waals surface area contributed by atoms with Gasteiger partial charge in [0.15, 0.2) is 0 Å². The summed E-state index contributed by atoms with van der Waals surface area (Å²) in [5.74, 6) is 0. The second kappa shape index (κ2) is 12.7. The molecular weight excluding hydrogens is 555 g/mol. The van der Waals surface area contributed by atoms with Gasteiger partial charge in [0.25, 0.3) is 0 Å². The topological polar surface area (TPSA) is 0 Å². The molecule has 0 atom stereocenters. The van der Waals surface area contributed by atoms with E-state index in [0.29, 0.717) is 0 Å². The summed E-state index contributed by atoms with van der Waals surface area (Å²) < 4.78 is 1.53. The van der Waals surface area contributed by atoms with Gasteiger partial charge in [0.2, 0.25) is 0 Å². The zero-order valence-corrected chi connectivity index (χ0v) is 27.4. The minimum absolute atomic E-state index is 0. The molecule has 0 amide bonds. The number of rotatable bonds is 4. The van der Waals surface area contributed by atoms with Gasteiger partial charge < -0.3 is 37.2 Å². The van der Waals surface area contributed by atoms with Gasteiger partial charge in [-0.1, -0.05) is 0 Å². The molecule has 1 aliphatic carbocycles. The molecule has 0 saturated heterocycles. The van der Waals surface area contributed by atoms with Gasteiger partial charge in [-0.3, -0.25) is 0 Å². The van der Waals surface area contributed by atoms with E-state index in [9.17, 15) is 0 Å². The average molecular weight is 590 g/mol. The number of halogens is 3. The molecule has 0 saturated carbocycles. The molecule has 3 aromatic rings. The number of hydrogen-bond donors (Lipinski definition) is 0. The first-order valence-corrected chi connectivity index (χ1v) is 14.7. The third-order valence-corrected chi connectivity index (χ3v) is 12.9. The third-order valence-electron chi connectivity index (χ3n) is 7.04. The van der Waals surface area contributed by atoms with Crippen molar-refractivity contribution in [2.75, 3.05) is 0 Å². The van der Waals surface area contributed by atoms with E-state index >= 15 is 0 Å². The predicted octanol–water partition coefficient (Wildman–Crippen LogP) is -2.90. The molecule has 0 aromatic heterocycles. The Morgan fingerprint density at radius 1 is 0.500 bits per heavy atom. The summed E-state index contributed by atoms with van der Waals surface area (Å²) in [5, 5.41) is 6.16. The summed E-state index contributed by atoms with van der Waals surface area (Å²) in [6.45, 7) is 18.3. The van der Waals surface area contributed by atoms with Crippen molar-refractivity contribution >= 4 is 23.6 Å². The van der Waals surface area contributed by atoms with Gasteiger partial charge in [-0.25, -0.2) is 0 Å². The number of aryl methyl sites for hydroxylation is 6. The molecule has 0 fully saturated rings. The van der Waals surface area contributed by atoms with Crippen molar-refractivity contribution in [3.05, 3.63) is 108 Å². The quantitative estimate of drug-likeness (QED) is 0.227. The Hall–Kier alpha value is -1.06. The van der Waals surface area contributed by atoms with Gasteiger partial charge in [0.1, 0.15) is 0 Å². The van der Waals surface area contributed by atoms with Gasteiger partial charge in [-0.2, -0.15) is 0 Å². The summed E-state index contributed by atoms with van der Waals surface area (Å²) in [5.41, 5.74) is 11.2. The molecule has 0 heterocycles. The largest absolute Gasteiger partial charge is 1.00 e. The van der Waals surface area contributed by atoms with Crippen LogP contribution in [0.2, 0.25) is 0 Å². The van der Waals surface area contributed by atoms with Crippen LogP contribution in [0.1, 0.15) is 53.6 Å². The summed E-state index contributed by atoms with van der Waals surface area (Å²) in [6.07, 6.45) is 1.09. The van der Waals surface area contributed by atoms with Crippen LogP contribution in [-0.4, -0.2) is 8.07 Å². The first-order valence-electron chi connectivity index (χ1n) is 11.9. The Morgan fingerprint density at radius 3 is 1.00 bits per heavy atom. The van der Waals surface area contributed by atoms with Crippen LogP contribution in [0.15, 0.2) is 74.8 Å². The summed E-state index contributed by atoms with van der Waals surface area (Å²) in [4.78, 5) is 0. The Bertz CT molecular complexity index is 1150.